The van der Waals surface area contributed by atoms with Crippen LogP contribution in [-0.2, 0) is 14.3 Å². The van der Waals surface area contributed by atoms with Gasteiger partial charge in [-0.25, -0.2) is 0 Å². The Balaban J connectivity index is 0.00000169. The summed E-state index contributed by atoms with van der Waals surface area (Å²) >= 11 is 0. The maximum Gasteiger partial charge on any atom is 0.225 e. The number of aliphatic hydroxyl groups excluding tert-OH is 1. The first-order valence-electron chi connectivity index (χ1n) is 8.88. The number of halogens is 2. The molecule has 0 aromatic carbocycles. The van der Waals surface area contributed by atoms with Gasteiger partial charge < -0.3 is 25.4 Å². The van der Waals surface area contributed by atoms with Gasteiger partial charge in [0.2, 0.25) is 11.8 Å². The highest BCUT2D eigenvalue weighted by molar-refractivity contribution is 5.89. The minimum absolute atomic E-state index is 0. The van der Waals surface area contributed by atoms with Crippen molar-refractivity contribution in [3.05, 3.63) is 0 Å². The molecule has 0 bridgehead atoms. The van der Waals surface area contributed by atoms with Crippen molar-refractivity contribution in [2.75, 3.05) is 65.6 Å². The van der Waals surface area contributed by atoms with Crippen LogP contribution in [0.5, 0.6) is 0 Å². The first kappa shape index (κ1) is 23.4. The van der Waals surface area contributed by atoms with Gasteiger partial charge in [-0.05, 0) is 0 Å². The molecule has 3 heterocycles. The molecule has 3 fully saturated rings. The lowest BCUT2D eigenvalue weighted by atomic mass is 10.0. The Labute approximate surface area is 166 Å². The quantitative estimate of drug-likeness (QED) is 0.502. The van der Waals surface area contributed by atoms with Crippen molar-refractivity contribution < 1.29 is 19.4 Å². The summed E-state index contributed by atoms with van der Waals surface area (Å²) in [5.74, 6) is -0.223. The van der Waals surface area contributed by atoms with Gasteiger partial charge in [0.05, 0.1) is 25.2 Å². The highest BCUT2D eigenvalue weighted by atomic mass is 35.5. The first-order valence-corrected chi connectivity index (χ1v) is 8.88. The van der Waals surface area contributed by atoms with Crippen LogP contribution in [0.25, 0.3) is 0 Å². The lowest BCUT2D eigenvalue weighted by Crippen LogP contribution is -2.42. The highest BCUT2D eigenvalue weighted by Crippen LogP contribution is 2.18. The molecule has 3 rings (SSSR count). The molecule has 3 atom stereocenters. The van der Waals surface area contributed by atoms with Crippen LogP contribution in [0.3, 0.4) is 0 Å². The van der Waals surface area contributed by atoms with Crippen LogP contribution in [0.4, 0.5) is 0 Å². The number of amides is 2. The molecular weight excluding hydrogens is 383 g/mol. The van der Waals surface area contributed by atoms with Crippen LogP contribution in [0, 0.1) is 11.8 Å². The van der Waals surface area contributed by atoms with E-state index in [1.54, 1.807) is 4.90 Å². The lowest BCUT2D eigenvalue weighted by molar-refractivity contribution is -0.129. The van der Waals surface area contributed by atoms with Crippen molar-refractivity contribution in [3.63, 3.8) is 0 Å². The zero-order chi connectivity index (χ0) is 16.9. The van der Waals surface area contributed by atoms with E-state index < -0.39 is 6.10 Å². The second kappa shape index (κ2) is 11.3. The lowest BCUT2D eigenvalue weighted by Gasteiger charge is -2.28. The van der Waals surface area contributed by atoms with Gasteiger partial charge in [0.15, 0.2) is 0 Å². The summed E-state index contributed by atoms with van der Waals surface area (Å²) in [6.45, 7) is 7.09. The van der Waals surface area contributed by atoms with Crippen molar-refractivity contribution in [2.45, 2.75) is 12.5 Å². The number of β-amino-alcohol motifs (C(OH)–C–C–N with tert-alkyl or cyclic N) is 1. The molecule has 3 aliphatic heterocycles. The number of aliphatic hydroxyl groups is 1. The molecule has 3 N–H and O–H groups in total. The smallest absolute Gasteiger partial charge is 0.225 e. The summed E-state index contributed by atoms with van der Waals surface area (Å²) in [6.07, 6.45) is -0.110. The van der Waals surface area contributed by atoms with E-state index in [1.165, 1.54) is 0 Å². The monoisotopic (exact) mass is 412 g/mol. The van der Waals surface area contributed by atoms with Crippen molar-refractivity contribution >= 4 is 36.6 Å². The average molecular weight is 413 g/mol. The topological polar surface area (TPSA) is 94.1 Å². The van der Waals surface area contributed by atoms with E-state index in [2.05, 4.69) is 15.5 Å². The highest BCUT2D eigenvalue weighted by Gasteiger charge is 2.35. The van der Waals surface area contributed by atoms with Gasteiger partial charge in [-0.2, -0.15) is 0 Å². The Kier molecular flexibility index (Phi) is 10.1. The molecular formula is C16H30Cl2N4O4. The van der Waals surface area contributed by atoms with Crippen molar-refractivity contribution in [3.8, 4) is 0 Å². The number of morpholine rings is 1. The molecule has 0 saturated carbocycles. The Bertz CT molecular complexity index is 466. The molecule has 0 spiro atoms. The van der Waals surface area contributed by atoms with E-state index in [-0.39, 0.29) is 48.5 Å². The molecule has 0 aromatic rings. The average Bonchev–Trinajstić information content (AvgIpc) is 3.17. The van der Waals surface area contributed by atoms with Gasteiger partial charge in [-0.1, -0.05) is 0 Å². The SMILES string of the molecule is Cl.Cl.O=C(NCC1CNCC1O)C1CC(=O)N(CCN2CCOCC2)C1. The largest absolute Gasteiger partial charge is 0.391 e. The molecule has 3 saturated heterocycles. The number of ether oxygens (including phenoxy) is 1. The van der Waals surface area contributed by atoms with E-state index in [0.29, 0.717) is 32.6 Å². The zero-order valence-electron chi connectivity index (χ0n) is 14.9. The molecule has 3 aliphatic rings. The van der Waals surface area contributed by atoms with Crippen LogP contribution >= 0.6 is 24.8 Å². The van der Waals surface area contributed by atoms with Crippen molar-refractivity contribution in [2.24, 2.45) is 11.8 Å². The predicted octanol–water partition coefficient (Wildman–Crippen LogP) is -1.29. The number of rotatable bonds is 6. The maximum atomic E-state index is 12.3. The van der Waals surface area contributed by atoms with Gasteiger partial charge in [-0.15, -0.1) is 24.8 Å². The summed E-state index contributed by atoms with van der Waals surface area (Å²) in [5, 5.41) is 15.8. The second-order valence-electron chi connectivity index (χ2n) is 6.93. The van der Waals surface area contributed by atoms with Crippen LogP contribution in [0.1, 0.15) is 6.42 Å². The molecule has 0 aromatic heterocycles. The Hall–Kier alpha value is -0.640. The zero-order valence-corrected chi connectivity index (χ0v) is 16.5. The molecule has 10 heteroatoms. The van der Waals surface area contributed by atoms with Gasteiger partial charge in [-0.3, -0.25) is 14.5 Å². The molecule has 2 amide bonds. The Morgan fingerprint density at radius 2 is 1.96 bits per heavy atom. The van der Waals surface area contributed by atoms with E-state index in [0.717, 1.165) is 39.4 Å². The van der Waals surface area contributed by atoms with Crippen molar-refractivity contribution in [1.29, 1.82) is 0 Å². The van der Waals surface area contributed by atoms with E-state index in [9.17, 15) is 14.7 Å². The number of carbonyl (C=O) groups is 2. The fourth-order valence-corrected chi connectivity index (χ4v) is 3.55. The summed E-state index contributed by atoms with van der Waals surface area (Å²) in [6, 6.07) is 0. The first-order chi connectivity index (χ1) is 11.6. The third kappa shape index (κ3) is 6.21. The minimum atomic E-state index is -0.402. The third-order valence-electron chi connectivity index (χ3n) is 5.22. The van der Waals surface area contributed by atoms with Crippen LogP contribution in [0.2, 0.25) is 0 Å². The minimum Gasteiger partial charge on any atom is -0.391 e. The Morgan fingerprint density at radius 1 is 1.23 bits per heavy atom. The fraction of sp³-hybridized carbons (Fsp3) is 0.875. The van der Waals surface area contributed by atoms with Crippen LogP contribution < -0.4 is 10.6 Å². The molecule has 152 valence electrons. The number of likely N-dealkylation sites (tertiary alicyclic amines) is 1. The van der Waals surface area contributed by atoms with E-state index >= 15 is 0 Å². The fourth-order valence-electron chi connectivity index (χ4n) is 3.55. The number of hydrogen-bond acceptors (Lipinski definition) is 6. The summed E-state index contributed by atoms with van der Waals surface area (Å²) in [5.41, 5.74) is 0. The normalized spacial score (nSPS) is 29.2. The third-order valence-corrected chi connectivity index (χ3v) is 5.22. The standard InChI is InChI=1S/C16H28N4O4.2ClH/c21-14-10-17-8-13(14)9-18-16(23)12-7-15(22)20(11-12)2-1-19-3-5-24-6-4-19;;/h12-14,17,21H,1-11H2,(H,18,23);2*1H. The van der Waals surface area contributed by atoms with E-state index in [4.69, 9.17) is 4.74 Å². The molecule has 26 heavy (non-hydrogen) atoms. The van der Waals surface area contributed by atoms with Gasteiger partial charge in [0.25, 0.3) is 0 Å². The number of carbonyl (C=O) groups excluding carboxylic acids is 2. The van der Waals surface area contributed by atoms with Crippen LogP contribution in [0.15, 0.2) is 0 Å². The van der Waals surface area contributed by atoms with Crippen LogP contribution in [-0.4, -0.2) is 98.4 Å². The van der Waals surface area contributed by atoms with Gasteiger partial charge >= 0.3 is 0 Å². The van der Waals surface area contributed by atoms with E-state index in [1.807, 2.05) is 0 Å². The maximum absolute atomic E-state index is 12.3. The number of nitrogens with one attached hydrogen (secondary N) is 2. The second-order valence-corrected chi connectivity index (χ2v) is 6.93. The van der Waals surface area contributed by atoms with Gasteiger partial charge in [0.1, 0.15) is 0 Å². The Morgan fingerprint density at radius 3 is 2.62 bits per heavy atom. The molecule has 8 nitrogen and oxygen atoms in total. The van der Waals surface area contributed by atoms with Crippen molar-refractivity contribution in [1.82, 2.24) is 20.4 Å². The van der Waals surface area contributed by atoms with Gasteiger partial charge in [0, 0.05) is 64.7 Å². The summed E-state index contributed by atoms with van der Waals surface area (Å²) in [7, 11) is 0. The summed E-state index contributed by atoms with van der Waals surface area (Å²) in [4.78, 5) is 28.5. The molecule has 0 radical (unpaired) electrons. The molecule has 3 unspecified atom stereocenters. The predicted molar refractivity (Wildman–Crippen MR) is 102 cm³/mol. The summed E-state index contributed by atoms with van der Waals surface area (Å²) < 4.78 is 5.32. The molecule has 0 aliphatic carbocycles. The number of nitrogens with zero attached hydrogens (tertiary/aromatic N) is 2. The number of hydrogen-bond donors (Lipinski definition) is 3.